The van der Waals surface area contributed by atoms with Crippen LogP contribution in [0, 0.1) is 12.3 Å². The van der Waals surface area contributed by atoms with Gasteiger partial charge < -0.3 is 4.74 Å². The van der Waals surface area contributed by atoms with Crippen molar-refractivity contribution in [2.45, 2.75) is 0 Å². The zero-order valence-electron chi connectivity index (χ0n) is 6.10. The van der Waals surface area contributed by atoms with Crippen molar-refractivity contribution in [3.63, 3.8) is 0 Å². The van der Waals surface area contributed by atoms with Crippen molar-refractivity contribution < 1.29 is 4.74 Å². The molecule has 0 bridgehead atoms. The second-order valence-electron chi connectivity index (χ2n) is 1.99. The third-order valence-corrected chi connectivity index (χ3v) is 1.63. The number of hydrogen-bond acceptors (Lipinski definition) is 1. The lowest BCUT2D eigenvalue weighted by Crippen LogP contribution is -1.84. The van der Waals surface area contributed by atoms with Gasteiger partial charge in [0.2, 0.25) is 0 Å². The minimum absolute atomic E-state index is 0.575. The standard InChI is InChI=1S/C9H7ClO/c1-3-7-4-5-8(10)9(6-7)11-2/h1,4-6H,2H3. The first-order valence-electron chi connectivity index (χ1n) is 3.08. The molecule has 1 aromatic rings. The number of halogens is 1. The maximum atomic E-state index is 5.76. The Labute approximate surface area is 70.9 Å². The Hall–Kier alpha value is -1.13. The van der Waals surface area contributed by atoms with Gasteiger partial charge in [-0.1, -0.05) is 17.5 Å². The average molecular weight is 167 g/mol. The van der Waals surface area contributed by atoms with Gasteiger partial charge in [-0.05, 0) is 18.2 Å². The number of terminal acetylenes is 1. The van der Waals surface area contributed by atoms with Crippen molar-refractivity contribution in [1.29, 1.82) is 0 Å². The van der Waals surface area contributed by atoms with Gasteiger partial charge in [0.15, 0.2) is 0 Å². The van der Waals surface area contributed by atoms with E-state index in [-0.39, 0.29) is 0 Å². The molecule has 1 nitrogen and oxygen atoms in total. The summed E-state index contributed by atoms with van der Waals surface area (Å²) in [6.07, 6.45) is 5.17. The summed E-state index contributed by atoms with van der Waals surface area (Å²) in [6, 6.07) is 5.21. The van der Waals surface area contributed by atoms with Crippen LogP contribution in [0.4, 0.5) is 0 Å². The summed E-state index contributed by atoms with van der Waals surface area (Å²) in [5.41, 5.74) is 0.770. The van der Waals surface area contributed by atoms with Crippen molar-refractivity contribution in [2.75, 3.05) is 7.11 Å². The van der Waals surface area contributed by atoms with Crippen LogP contribution in [0.2, 0.25) is 5.02 Å². The first-order valence-corrected chi connectivity index (χ1v) is 3.46. The van der Waals surface area contributed by atoms with E-state index in [1.54, 1.807) is 25.3 Å². The predicted octanol–water partition coefficient (Wildman–Crippen LogP) is 2.33. The van der Waals surface area contributed by atoms with E-state index in [1.807, 2.05) is 0 Å². The van der Waals surface area contributed by atoms with Gasteiger partial charge >= 0.3 is 0 Å². The van der Waals surface area contributed by atoms with E-state index in [0.29, 0.717) is 10.8 Å². The first-order chi connectivity index (χ1) is 5.27. The van der Waals surface area contributed by atoms with Gasteiger partial charge in [0, 0.05) is 5.56 Å². The third-order valence-electron chi connectivity index (χ3n) is 1.32. The highest BCUT2D eigenvalue weighted by Gasteiger charge is 1.98. The fraction of sp³-hybridized carbons (Fsp3) is 0.111. The van der Waals surface area contributed by atoms with Crippen LogP contribution in [0.3, 0.4) is 0 Å². The predicted molar refractivity (Wildman–Crippen MR) is 45.9 cm³/mol. The molecule has 0 aliphatic carbocycles. The van der Waals surface area contributed by atoms with Gasteiger partial charge in [-0.15, -0.1) is 6.42 Å². The van der Waals surface area contributed by atoms with Crippen LogP contribution in [0.25, 0.3) is 0 Å². The van der Waals surface area contributed by atoms with Gasteiger partial charge in [-0.2, -0.15) is 0 Å². The molecule has 0 N–H and O–H groups in total. The second kappa shape index (κ2) is 3.32. The number of hydrogen-bond donors (Lipinski definition) is 0. The molecule has 0 unspecified atom stereocenters. The average Bonchev–Trinajstić information content (AvgIpc) is 2.05. The molecular weight excluding hydrogens is 160 g/mol. The quantitative estimate of drug-likeness (QED) is 0.582. The highest BCUT2D eigenvalue weighted by atomic mass is 35.5. The molecule has 0 saturated heterocycles. The fourth-order valence-electron chi connectivity index (χ4n) is 0.750. The minimum Gasteiger partial charge on any atom is -0.495 e. The molecule has 0 spiro atoms. The Kier molecular flexibility index (Phi) is 2.40. The van der Waals surface area contributed by atoms with Crippen LogP contribution in [-0.2, 0) is 0 Å². The van der Waals surface area contributed by atoms with E-state index in [4.69, 9.17) is 22.8 Å². The molecule has 0 radical (unpaired) electrons. The van der Waals surface area contributed by atoms with Crippen LogP contribution >= 0.6 is 11.6 Å². The number of benzene rings is 1. The highest BCUT2D eigenvalue weighted by Crippen LogP contribution is 2.24. The zero-order valence-corrected chi connectivity index (χ0v) is 6.85. The van der Waals surface area contributed by atoms with E-state index < -0.39 is 0 Å². The normalized spacial score (nSPS) is 8.82. The number of ether oxygens (including phenoxy) is 1. The van der Waals surface area contributed by atoms with Crippen molar-refractivity contribution in [3.05, 3.63) is 28.8 Å². The zero-order chi connectivity index (χ0) is 8.27. The molecule has 0 heterocycles. The summed E-state index contributed by atoms with van der Waals surface area (Å²) in [5, 5.41) is 0.575. The minimum atomic E-state index is 0.575. The maximum absolute atomic E-state index is 5.76. The summed E-state index contributed by atoms with van der Waals surface area (Å²) in [4.78, 5) is 0. The lowest BCUT2D eigenvalue weighted by Gasteiger charge is -2.01. The summed E-state index contributed by atoms with van der Waals surface area (Å²) >= 11 is 5.76. The van der Waals surface area contributed by atoms with Crippen LogP contribution in [0.15, 0.2) is 18.2 Å². The van der Waals surface area contributed by atoms with Gasteiger partial charge in [0.1, 0.15) is 5.75 Å². The lowest BCUT2D eigenvalue weighted by molar-refractivity contribution is 0.415. The molecule has 0 atom stereocenters. The Morgan fingerprint density at radius 1 is 1.55 bits per heavy atom. The summed E-state index contributed by atoms with van der Waals surface area (Å²) in [7, 11) is 1.56. The van der Waals surface area contributed by atoms with Crippen molar-refractivity contribution in [3.8, 4) is 18.1 Å². The van der Waals surface area contributed by atoms with Crippen molar-refractivity contribution >= 4 is 11.6 Å². The molecule has 0 aliphatic heterocycles. The monoisotopic (exact) mass is 166 g/mol. The van der Waals surface area contributed by atoms with Gasteiger partial charge in [-0.25, -0.2) is 0 Å². The Morgan fingerprint density at radius 2 is 2.27 bits per heavy atom. The second-order valence-corrected chi connectivity index (χ2v) is 2.40. The van der Waals surface area contributed by atoms with Gasteiger partial charge in [0.05, 0.1) is 12.1 Å². The molecule has 2 heteroatoms. The van der Waals surface area contributed by atoms with Crippen molar-refractivity contribution in [1.82, 2.24) is 0 Å². The summed E-state index contributed by atoms with van der Waals surface area (Å²) < 4.78 is 4.96. The third kappa shape index (κ3) is 1.66. The molecule has 0 saturated carbocycles. The molecule has 0 aromatic heterocycles. The van der Waals surface area contributed by atoms with E-state index in [9.17, 15) is 0 Å². The Balaban J connectivity index is 3.15. The van der Waals surface area contributed by atoms with E-state index in [0.717, 1.165) is 5.56 Å². The molecule has 0 aliphatic rings. The molecule has 56 valence electrons. The Morgan fingerprint density at radius 3 is 2.82 bits per heavy atom. The van der Waals surface area contributed by atoms with Crippen LogP contribution < -0.4 is 4.74 Å². The molecular formula is C9H7ClO. The molecule has 0 fully saturated rings. The Bertz CT molecular complexity index is 299. The molecule has 11 heavy (non-hydrogen) atoms. The largest absolute Gasteiger partial charge is 0.495 e. The number of methoxy groups -OCH3 is 1. The van der Waals surface area contributed by atoms with E-state index in [1.165, 1.54) is 0 Å². The highest BCUT2D eigenvalue weighted by molar-refractivity contribution is 6.32. The van der Waals surface area contributed by atoms with Gasteiger partial charge in [0.25, 0.3) is 0 Å². The molecule has 1 aromatic carbocycles. The lowest BCUT2D eigenvalue weighted by atomic mass is 10.2. The topological polar surface area (TPSA) is 9.23 Å². The van der Waals surface area contributed by atoms with Crippen LogP contribution in [-0.4, -0.2) is 7.11 Å². The van der Waals surface area contributed by atoms with Gasteiger partial charge in [-0.3, -0.25) is 0 Å². The summed E-state index contributed by atoms with van der Waals surface area (Å²) in [6.45, 7) is 0. The van der Waals surface area contributed by atoms with Crippen LogP contribution in [0.1, 0.15) is 5.56 Å². The molecule has 0 amide bonds. The smallest absolute Gasteiger partial charge is 0.138 e. The summed E-state index contributed by atoms with van der Waals surface area (Å²) in [5.74, 6) is 3.10. The van der Waals surface area contributed by atoms with E-state index in [2.05, 4.69) is 5.92 Å². The molecule has 1 rings (SSSR count). The van der Waals surface area contributed by atoms with Crippen LogP contribution in [0.5, 0.6) is 5.75 Å². The number of rotatable bonds is 1. The first kappa shape index (κ1) is 7.97. The van der Waals surface area contributed by atoms with E-state index >= 15 is 0 Å². The maximum Gasteiger partial charge on any atom is 0.138 e. The fourth-order valence-corrected chi connectivity index (χ4v) is 0.944. The van der Waals surface area contributed by atoms with Crippen molar-refractivity contribution in [2.24, 2.45) is 0 Å². The SMILES string of the molecule is C#Cc1ccc(Cl)c(OC)c1.